The topological polar surface area (TPSA) is 61.5 Å². The van der Waals surface area contributed by atoms with Gasteiger partial charge in [0.15, 0.2) is 0 Å². The summed E-state index contributed by atoms with van der Waals surface area (Å²) in [6, 6.07) is 6.54. The lowest BCUT2D eigenvalue weighted by molar-refractivity contribution is -0.144. The Kier molecular flexibility index (Phi) is 6.97. The zero-order chi connectivity index (χ0) is 14.1. The highest BCUT2D eigenvalue weighted by molar-refractivity contribution is 5.77. The van der Waals surface area contributed by atoms with Crippen molar-refractivity contribution in [2.45, 2.75) is 39.2 Å². The van der Waals surface area contributed by atoms with Gasteiger partial charge >= 0.3 is 5.97 Å². The maximum Gasteiger partial charge on any atom is 0.327 e. The lowest BCUT2D eigenvalue weighted by Gasteiger charge is -2.12. The van der Waals surface area contributed by atoms with Gasteiger partial charge in [0, 0.05) is 0 Å². The first-order chi connectivity index (χ1) is 9.19. The second kappa shape index (κ2) is 8.53. The van der Waals surface area contributed by atoms with Crippen molar-refractivity contribution in [2.75, 3.05) is 13.2 Å². The van der Waals surface area contributed by atoms with E-state index in [1.165, 1.54) is 12.8 Å². The smallest absolute Gasteiger partial charge is 0.327 e. The normalized spacial score (nSPS) is 11.9. The number of esters is 1. The molecule has 4 heteroatoms. The molecule has 1 atom stereocenters. The number of benzene rings is 1. The van der Waals surface area contributed by atoms with Crippen molar-refractivity contribution < 1.29 is 14.3 Å². The molecule has 19 heavy (non-hydrogen) atoms. The molecule has 0 aliphatic carbocycles. The predicted molar refractivity (Wildman–Crippen MR) is 75.0 cm³/mol. The molecule has 0 amide bonds. The van der Waals surface area contributed by atoms with Crippen molar-refractivity contribution in [2.24, 2.45) is 5.73 Å². The summed E-state index contributed by atoms with van der Waals surface area (Å²) in [5, 5.41) is 0. The molecule has 0 fully saturated rings. The van der Waals surface area contributed by atoms with E-state index in [0.717, 1.165) is 24.3 Å². The lowest BCUT2D eigenvalue weighted by Crippen LogP contribution is -2.23. The zero-order valence-corrected chi connectivity index (χ0v) is 11.7. The Bertz CT molecular complexity index is 375. The summed E-state index contributed by atoms with van der Waals surface area (Å²) in [6.07, 6.45) is 3.41. The largest absolute Gasteiger partial charge is 0.494 e. The van der Waals surface area contributed by atoms with Crippen molar-refractivity contribution >= 4 is 5.97 Å². The standard InChI is InChI=1S/C15H23NO3/c1-3-5-6-11-19-13-9-7-12(8-10-13)14(16)15(17)18-4-2/h7-10,14H,3-6,11,16H2,1-2H3/t14-/m0/s1. The molecule has 0 aromatic heterocycles. The number of carbonyl (C=O) groups is 1. The van der Waals surface area contributed by atoms with Gasteiger partial charge in [-0.05, 0) is 31.0 Å². The molecule has 0 radical (unpaired) electrons. The summed E-state index contributed by atoms with van der Waals surface area (Å²) < 4.78 is 10.5. The molecule has 1 rings (SSSR count). The van der Waals surface area contributed by atoms with Crippen LogP contribution in [0.1, 0.15) is 44.7 Å². The third-order valence-electron chi connectivity index (χ3n) is 2.80. The van der Waals surface area contributed by atoms with E-state index in [9.17, 15) is 4.79 Å². The molecule has 0 heterocycles. The van der Waals surface area contributed by atoms with Gasteiger partial charge in [-0.25, -0.2) is 4.79 Å². The molecule has 0 bridgehead atoms. The molecule has 0 unspecified atom stereocenters. The third kappa shape index (κ3) is 5.30. The minimum absolute atomic E-state index is 0.338. The number of hydrogen-bond acceptors (Lipinski definition) is 4. The SMILES string of the molecule is CCCCCOc1ccc([C@H](N)C(=O)OCC)cc1. The Labute approximate surface area is 114 Å². The van der Waals surface area contributed by atoms with Gasteiger partial charge in [0.25, 0.3) is 0 Å². The Morgan fingerprint density at radius 3 is 2.47 bits per heavy atom. The van der Waals surface area contributed by atoms with E-state index in [-0.39, 0.29) is 0 Å². The van der Waals surface area contributed by atoms with Crippen molar-refractivity contribution in [1.29, 1.82) is 0 Å². The molecule has 1 aromatic carbocycles. The summed E-state index contributed by atoms with van der Waals surface area (Å²) >= 11 is 0. The summed E-state index contributed by atoms with van der Waals surface area (Å²) in [6.45, 7) is 4.98. The van der Waals surface area contributed by atoms with Gasteiger partial charge in [0.05, 0.1) is 13.2 Å². The number of unbranched alkanes of at least 4 members (excludes halogenated alkanes) is 2. The van der Waals surface area contributed by atoms with Crippen molar-refractivity contribution in [3.63, 3.8) is 0 Å². The summed E-state index contributed by atoms with van der Waals surface area (Å²) in [5.41, 5.74) is 6.53. The van der Waals surface area contributed by atoms with E-state index in [4.69, 9.17) is 15.2 Å². The molecule has 0 saturated heterocycles. The van der Waals surface area contributed by atoms with Gasteiger partial charge in [-0.15, -0.1) is 0 Å². The van der Waals surface area contributed by atoms with E-state index in [1.807, 2.05) is 12.1 Å². The molecule has 4 nitrogen and oxygen atoms in total. The molecule has 2 N–H and O–H groups in total. The van der Waals surface area contributed by atoms with Gasteiger partial charge in [-0.1, -0.05) is 31.9 Å². The second-order valence-electron chi connectivity index (χ2n) is 4.35. The van der Waals surface area contributed by atoms with E-state index < -0.39 is 12.0 Å². The van der Waals surface area contributed by atoms with Gasteiger partial charge in [-0.2, -0.15) is 0 Å². The van der Waals surface area contributed by atoms with Crippen LogP contribution in [0, 0.1) is 0 Å². The number of nitrogens with two attached hydrogens (primary N) is 1. The van der Waals surface area contributed by atoms with Crippen LogP contribution in [0.15, 0.2) is 24.3 Å². The van der Waals surface area contributed by atoms with Crippen LogP contribution in [0.5, 0.6) is 5.75 Å². The minimum Gasteiger partial charge on any atom is -0.494 e. The van der Waals surface area contributed by atoms with E-state index in [1.54, 1.807) is 19.1 Å². The Hall–Kier alpha value is -1.55. The highest BCUT2D eigenvalue weighted by atomic mass is 16.5. The van der Waals surface area contributed by atoms with E-state index in [0.29, 0.717) is 6.61 Å². The highest BCUT2D eigenvalue weighted by Crippen LogP contribution is 2.17. The first-order valence-corrected chi connectivity index (χ1v) is 6.84. The first kappa shape index (κ1) is 15.5. The van der Waals surface area contributed by atoms with E-state index in [2.05, 4.69) is 6.92 Å². The van der Waals surface area contributed by atoms with Crippen LogP contribution >= 0.6 is 0 Å². The third-order valence-corrected chi connectivity index (χ3v) is 2.80. The maximum absolute atomic E-state index is 11.5. The fraction of sp³-hybridized carbons (Fsp3) is 0.533. The van der Waals surface area contributed by atoms with Crippen LogP contribution in [0.2, 0.25) is 0 Å². The number of ether oxygens (including phenoxy) is 2. The fourth-order valence-electron chi connectivity index (χ4n) is 1.68. The van der Waals surface area contributed by atoms with Crippen LogP contribution in [-0.2, 0) is 9.53 Å². The predicted octanol–water partition coefficient (Wildman–Crippen LogP) is 2.82. The summed E-state index contributed by atoms with van der Waals surface area (Å²) in [5.74, 6) is 0.398. The average Bonchev–Trinajstić information content (AvgIpc) is 2.44. The van der Waals surface area contributed by atoms with Crippen LogP contribution in [0.3, 0.4) is 0 Å². The molecule has 0 saturated carbocycles. The van der Waals surface area contributed by atoms with Gasteiger partial charge in [0.2, 0.25) is 0 Å². The molecule has 1 aromatic rings. The molecule has 0 aliphatic rings. The molecule has 0 aliphatic heterocycles. The van der Waals surface area contributed by atoms with Crippen LogP contribution in [-0.4, -0.2) is 19.2 Å². The fourth-order valence-corrected chi connectivity index (χ4v) is 1.68. The number of hydrogen-bond donors (Lipinski definition) is 1. The quantitative estimate of drug-likeness (QED) is 0.580. The summed E-state index contributed by atoms with van der Waals surface area (Å²) in [4.78, 5) is 11.5. The van der Waals surface area contributed by atoms with E-state index >= 15 is 0 Å². The molecular weight excluding hydrogens is 242 g/mol. The Balaban J connectivity index is 2.48. The van der Waals surface area contributed by atoms with Gasteiger partial charge < -0.3 is 15.2 Å². The second-order valence-corrected chi connectivity index (χ2v) is 4.35. The van der Waals surface area contributed by atoms with Crippen LogP contribution in [0.4, 0.5) is 0 Å². The van der Waals surface area contributed by atoms with Crippen molar-refractivity contribution in [1.82, 2.24) is 0 Å². The lowest BCUT2D eigenvalue weighted by atomic mass is 10.1. The Morgan fingerprint density at radius 1 is 1.21 bits per heavy atom. The molecule has 0 spiro atoms. The first-order valence-electron chi connectivity index (χ1n) is 6.84. The van der Waals surface area contributed by atoms with Gasteiger partial charge in [-0.3, -0.25) is 0 Å². The zero-order valence-electron chi connectivity index (χ0n) is 11.7. The molecular formula is C15H23NO3. The Morgan fingerprint density at radius 2 is 1.89 bits per heavy atom. The average molecular weight is 265 g/mol. The van der Waals surface area contributed by atoms with Gasteiger partial charge in [0.1, 0.15) is 11.8 Å². The summed E-state index contributed by atoms with van der Waals surface area (Å²) in [7, 11) is 0. The van der Waals surface area contributed by atoms with Crippen molar-refractivity contribution in [3.05, 3.63) is 29.8 Å². The minimum atomic E-state index is -0.728. The molecule has 106 valence electrons. The maximum atomic E-state index is 11.5. The highest BCUT2D eigenvalue weighted by Gasteiger charge is 2.16. The number of rotatable bonds is 8. The van der Waals surface area contributed by atoms with Crippen LogP contribution in [0.25, 0.3) is 0 Å². The monoisotopic (exact) mass is 265 g/mol. The number of carbonyl (C=O) groups excluding carboxylic acids is 1. The van der Waals surface area contributed by atoms with Crippen molar-refractivity contribution in [3.8, 4) is 5.75 Å². The van der Waals surface area contributed by atoms with Crippen LogP contribution < -0.4 is 10.5 Å².